The third-order valence-corrected chi connectivity index (χ3v) is 18.9. The molecule has 15 rings (SSSR count). The number of carbonyl (C=O) groups excluding carboxylic acids is 4. The lowest BCUT2D eigenvalue weighted by atomic mass is 9.92. The topological polar surface area (TPSA) is 183 Å². The molecule has 0 aliphatic carbocycles. The van der Waals surface area contributed by atoms with Gasteiger partial charge >= 0.3 is 23.9 Å². The van der Waals surface area contributed by atoms with Crippen LogP contribution in [0.5, 0.6) is 23.0 Å². The summed E-state index contributed by atoms with van der Waals surface area (Å²) in [7, 11) is 0. The predicted molar refractivity (Wildman–Crippen MR) is 426 cm³/mol. The largest absolute Gasteiger partial charge is 0.421 e. The van der Waals surface area contributed by atoms with Crippen LogP contribution in [0.2, 0.25) is 0 Å². The Bertz CT molecular complexity index is 5730. The van der Waals surface area contributed by atoms with Crippen molar-refractivity contribution in [2.75, 3.05) is 0 Å². The maximum Gasteiger partial charge on any atom is 0.343 e. The molecule has 0 saturated carbocycles. The van der Waals surface area contributed by atoms with E-state index in [-0.39, 0.29) is 45.3 Å². The summed E-state index contributed by atoms with van der Waals surface area (Å²) in [5, 5.41) is 0. The summed E-state index contributed by atoms with van der Waals surface area (Å²) in [6.07, 6.45) is 12.3. The fraction of sp³-hybridized carbons (Fsp3) is 0.0737. The van der Waals surface area contributed by atoms with Gasteiger partial charge in [-0.05, 0) is 198 Å². The van der Waals surface area contributed by atoms with Crippen LogP contribution in [0.4, 0.5) is 0 Å². The normalized spacial score (nSPS) is 11.0. The Hall–Kier alpha value is -14.2. The van der Waals surface area contributed by atoms with E-state index in [0.717, 1.165) is 126 Å². The van der Waals surface area contributed by atoms with Crippen molar-refractivity contribution in [3.8, 4) is 135 Å². The van der Waals surface area contributed by atoms with Crippen LogP contribution < -0.4 is 18.9 Å². The van der Waals surface area contributed by atoms with E-state index < -0.39 is 23.9 Å². The van der Waals surface area contributed by atoms with Crippen molar-refractivity contribution in [2.45, 2.75) is 47.0 Å². The highest BCUT2D eigenvalue weighted by Gasteiger charge is 2.23. The molecule has 0 radical (unpaired) electrons. The van der Waals surface area contributed by atoms with Gasteiger partial charge < -0.3 is 18.9 Å². The average Bonchev–Trinajstić information content (AvgIpc) is 0.790. The molecular formula is C95H70N6O8. The number of rotatable bonds is 21. The number of aryl methyl sites for hydroxylation is 4. The molecule has 0 aliphatic rings. The lowest BCUT2D eigenvalue weighted by molar-refractivity contribution is 0.0715. The van der Waals surface area contributed by atoms with E-state index >= 15 is 0 Å². The summed E-state index contributed by atoms with van der Waals surface area (Å²) in [5.74, 6) is -1.83. The van der Waals surface area contributed by atoms with Crippen LogP contribution in [0.15, 0.2) is 316 Å². The minimum absolute atomic E-state index is 0.118. The SMILES string of the molecule is CCc1cccc(-c2ccc(OC(=O)c3cc(C(=O)Oc4ccc(-c5cccc(C)c5)nc4)cc(-c4ccccc4-c4ccc(-c5ccc(-c6ccc(-c7ccccc7-c7cc(C(=O)Oc8ccc(-c9cccc(CC)c9)nc8)cc(C(=O)Oc8ccc(-c9cccc(CC)c9)nc8)c7)cn6)cc5)nc4)c3)cn2)c1. The molecule has 0 unspecified atom stereocenters. The fourth-order valence-corrected chi connectivity index (χ4v) is 13.0. The molecule has 0 atom stereocenters. The summed E-state index contributed by atoms with van der Waals surface area (Å²) in [5.41, 5.74) is 20.8. The lowest BCUT2D eigenvalue weighted by Crippen LogP contribution is -2.13. The van der Waals surface area contributed by atoms with Gasteiger partial charge in [-0.1, -0.05) is 184 Å². The van der Waals surface area contributed by atoms with Crippen LogP contribution in [-0.4, -0.2) is 53.8 Å². The van der Waals surface area contributed by atoms with E-state index in [1.54, 1.807) is 60.8 Å². The zero-order valence-electron chi connectivity index (χ0n) is 60.1. The van der Waals surface area contributed by atoms with E-state index in [0.29, 0.717) is 11.1 Å². The molecule has 15 aromatic rings. The van der Waals surface area contributed by atoms with Crippen LogP contribution in [0.25, 0.3) is 112 Å². The molecule has 0 spiro atoms. The molecule has 0 N–H and O–H groups in total. The second kappa shape index (κ2) is 32.0. The van der Waals surface area contributed by atoms with Gasteiger partial charge in [0.2, 0.25) is 0 Å². The Balaban J connectivity index is 0.671. The summed E-state index contributed by atoms with van der Waals surface area (Å²) in [4.78, 5) is 85.5. The van der Waals surface area contributed by atoms with Gasteiger partial charge in [-0.25, -0.2) is 19.2 Å². The van der Waals surface area contributed by atoms with Gasteiger partial charge in [-0.15, -0.1) is 0 Å². The highest BCUT2D eigenvalue weighted by Crippen LogP contribution is 2.38. The van der Waals surface area contributed by atoms with Gasteiger partial charge in [0.05, 0.1) is 81.2 Å². The first-order valence-corrected chi connectivity index (χ1v) is 35.9. The Morgan fingerprint density at radius 2 is 0.505 bits per heavy atom. The van der Waals surface area contributed by atoms with E-state index in [2.05, 4.69) is 77.1 Å². The monoisotopic (exact) mass is 1420 g/mol. The third-order valence-electron chi connectivity index (χ3n) is 18.9. The molecule has 6 aromatic heterocycles. The van der Waals surface area contributed by atoms with Crippen molar-refractivity contribution in [3.63, 3.8) is 0 Å². The van der Waals surface area contributed by atoms with Crippen molar-refractivity contribution < 1.29 is 38.1 Å². The third kappa shape index (κ3) is 16.3. The van der Waals surface area contributed by atoms with Crippen LogP contribution in [0, 0.1) is 6.92 Å². The van der Waals surface area contributed by atoms with Crippen LogP contribution >= 0.6 is 0 Å². The first-order chi connectivity index (χ1) is 53.3. The fourth-order valence-electron chi connectivity index (χ4n) is 13.0. The number of esters is 4. The van der Waals surface area contributed by atoms with E-state index in [1.165, 1.54) is 53.6 Å². The molecule has 9 aromatic carbocycles. The molecule has 0 aliphatic heterocycles. The van der Waals surface area contributed by atoms with Crippen molar-refractivity contribution >= 4 is 23.9 Å². The number of benzene rings is 9. The average molecular weight is 1420 g/mol. The van der Waals surface area contributed by atoms with Crippen LogP contribution in [0.3, 0.4) is 0 Å². The molecule has 6 heterocycles. The molecule has 0 fully saturated rings. The van der Waals surface area contributed by atoms with Crippen molar-refractivity contribution in [1.29, 1.82) is 0 Å². The van der Waals surface area contributed by atoms with Crippen molar-refractivity contribution in [1.82, 2.24) is 29.9 Å². The van der Waals surface area contributed by atoms with Crippen molar-refractivity contribution in [3.05, 3.63) is 361 Å². The van der Waals surface area contributed by atoms with Crippen LogP contribution in [0.1, 0.15) is 84.5 Å². The molecule has 14 heteroatoms. The number of pyridine rings is 6. The van der Waals surface area contributed by atoms with Gasteiger partial charge in [0.25, 0.3) is 0 Å². The van der Waals surface area contributed by atoms with Gasteiger partial charge in [0, 0.05) is 56.9 Å². The van der Waals surface area contributed by atoms with E-state index in [4.69, 9.17) is 28.9 Å². The zero-order valence-corrected chi connectivity index (χ0v) is 60.1. The lowest BCUT2D eigenvalue weighted by Gasteiger charge is -2.14. The van der Waals surface area contributed by atoms with Gasteiger partial charge in [0.1, 0.15) is 23.0 Å². The zero-order chi connectivity index (χ0) is 74.7. The highest BCUT2D eigenvalue weighted by atomic mass is 16.5. The number of aromatic nitrogens is 6. The number of nitrogens with zero attached hydrogens (tertiary/aromatic N) is 6. The Kier molecular flexibility index (Phi) is 20.7. The Labute approximate surface area is 631 Å². The highest BCUT2D eigenvalue weighted by molar-refractivity contribution is 6.02. The number of carbonyl (C=O) groups is 4. The first kappa shape index (κ1) is 70.4. The minimum atomic E-state index is -0.694. The van der Waals surface area contributed by atoms with Gasteiger partial charge in [0.15, 0.2) is 0 Å². The molecule has 109 heavy (non-hydrogen) atoms. The summed E-state index contributed by atoms with van der Waals surface area (Å²) in [6.45, 7) is 8.31. The van der Waals surface area contributed by atoms with E-state index in [9.17, 15) is 19.2 Å². The maximum atomic E-state index is 14.3. The smallest absolute Gasteiger partial charge is 0.343 e. The second-order valence-corrected chi connectivity index (χ2v) is 26.2. The number of hydrogen-bond donors (Lipinski definition) is 0. The summed E-state index contributed by atoms with van der Waals surface area (Å²) >= 11 is 0. The summed E-state index contributed by atoms with van der Waals surface area (Å²) in [6, 6.07) is 87.6. The van der Waals surface area contributed by atoms with Gasteiger partial charge in [-0.2, -0.15) is 0 Å². The molecule has 0 bridgehead atoms. The van der Waals surface area contributed by atoms with Gasteiger partial charge in [-0.3, -0.25) is 29.9 Å². The molecule has 14 nitrogen and oxygen atoms in total. The molecule has 0 saturated heterocycles. The Morgan fingerprint density at radius 3 is 0.780 bits per heavy atom. The maximum absolute atomic E-state index is 14.3. The summed E-state index contributed by atoms with van der Waals surface area (Å²) < 4.78 is 23.8. The van der Waals surface area contributed by atoms with Crippen LogP contribution in [-0.2, 0) is 19.3 Å². The first-order valence-electron chi connectivity index (χ1n) is 35.9. The quantitative estimate of drug-likeness (QED) is 0.0619. The second-order valence-electron chi connectivity index (χ2n) is 26.2. The Morgan fingerprint density at radius 1 is 0.239 bits per heavy atom. The number of ether oxygens (including phenoxy) is 4. The van der Waals surface area contributed by atoms with Crippen molar-refractivity contribution in [2.24, 2.45) is 0 Å². The molecular weight excluding hydrogens is 1350 g/mol. The van der Waals surface area contributed by atoms with E-state index in [1.807, 2.05) is 189 Å². The number of hydrogen-bond acceptors (Lipinski definition) is 14. The standard InChI is InChI=1S/C95H70N6O8/c1-5-61-17-13-21-67(45-61)89-41-35-79(57-99-89)107-93(103)75-49-72(48-74(52-75)92(102)106-78-34-40-88(98-56-78)66-20-12-16-60(4)44-66)84-26-10-8-24-82(84)70-32-38-86(96-54-70)64-28-30-65(31-29-64)87-39-33-71(55-97-87)83-25-9-11-27-85(83)73-50-76(94(104)108-80-36-42-90(100-58-80)68-22-14-18-62(6-2)46-68)53-77(51-73)95(105)109-81-37-43-91(101-59-81)69-23-15-19-63(7-3)47-69/h8-59H,5-7H2,1-4H3. The molecule has 528 valence electrons. The minimum Gasteiger partial charge on any atom is -0.421 e. The predicted octanol–water partition coefficient (Wildman–Crippen LogP) is 21.6. The molecule has 0 amide bonds.